The third kappa shape index (κ3) is 3.74. The summed E-state index contributed by atoms with van der Waals surface area (Å²) in [5, 5.41) is 3.75. The van der Waals surface area contributed by atoms with Crippen LogP contribution in [0.4, 0.5) is 0 Å². The molecule has 0 spiro atoms. The van der Waals surface area contributed by atoms with Gasteiger partial charge >= 0.3 is 0 Å². The normalized spacial score (nSPS) is 14.2. The fourth-order valence-electron chi connectivity index (χ4n) is 1.76. The van der Waals surface area contributed by atoms with Crippen LogP contribution in [0, 0.1) is 5.41 Å². The molecule has 98 valence electrons. The van der Waals surface area contributed by atoms with Crippen LogP contribution in [0.25, 0.3) is 0 Å². The molecule has 0 heterocycles. The monoisotopic (exact) mass is 228 g/mol. The highest BCUT2D eigenvalue weighted by molar-refractivity contribution is 4.94. The van der Waals surface area contributed by atoms with Gasteiger partial charge in [-0.15, -0.1) is 0 Å². The minimum atomic E-state index is -0.152. The minimum Gasteiger partial charge on any atom is -0.325 e. The first-order valence-electron chi connectivity index (χ1n) is 6.68. The van der Waals surface area contributed by atoms with Gasteiger partial charge < -0.3 is 11.1 Å². The number of rotatable bonds is 7. The molecule has 0 bridgehead atoms. The second kappa shape index (κ2) is 5.50. The third-order valence-electron chi connectivity index (χ3n) is 4.68. The average Bonchev–Trinajstić information content (AvgIpc) is 2.19. The molecule has 0 aromatic rings. The largest absolute Gasteiger partial charge is 0.325 e. The molecule has 0 saturated carbocycles. The van der Waals surface area contributed by atoms with Gasteiger partial charge in [0.25, 0.3) is 0 Å². The second-order valence-electron chi connectivity index (χ2n) is 6.30. The van der Waals surface area contributed by atoms with Crippen LogP contribution >= 0.6 is 0 Å². The Balaban J connectivity index is 4.54. The molecule has 0 amide bonds. The van der Waals surface area contributed by atoms with Gasteiger partial charge in [0, 0.05) is 17.6 Å². The van der Waals surface area contributed by atoms with Crippen molar-refractivity contribution in [1.29, 1.82) is 0 Å². The summed E-state index contributed by atoms with van der Waals surface area (Å²) >= 11 is 0. The molecule has 0 aromatic heterocycles. The topological polar surface area (TPSA) is 38.0 Å². The van der Waals surface area contributed by atoms with Crippen molar-refractivity contribution in [2.45, 2.75) is 78.8 Å². The molecule has 0 aliphatic rings. The zero-order chi connectivity index (χ0) is 13.0. The molecule has 2 heteroatoms. The zero-order valence-electron chi connectivity index (χ0n) is 12.4. The molecule has 0 fully saturated rings. The van der Waals surface area contributed by atoms with Crippen LogP contribution < -0.4 is 11.1 Å². The van der Waals surface area contributed by atoms with E-state index in [0.717, 1.165) is 6.54 Å². The molecule has 0 unspecified atom stereocenters. The lowest BCUT2D eigenvalue weighted by atomic mass is 9.74. The van der Waals surface area contributed by atoms with E-state index in [0.29, 0.717) is 5.54 Å². The summed E-state index contributed by atoms with van der Waals surface area (Å²) in [6.45, 7) is 16.5. The summed E-state index contributed by atoms with van der Waals surface area (Å²) in [6, 6.07) is 0. The van der Waals surface area contributed by atoms with Crippen LogP contribution in [0.15, 0.2) is 0 Å². The van der Waals surface area contributed by atoms with E-state index in [4.69, 9.17) is 5.73 Å². The predicted octanol–water partition coefficient (Wildman–Crippen LogP) is 3.31. The van der Waals surface area contributed by atoms with Gasteiger partial charge in [0.1, 0.15) is 0 Å². The Bertz CT molecular complexity index is 187. The van der Waals surface area contributed by atoms with Crippen LogP contribution in [0.3, 0.4) is 0 Å². The first kappa shape index (κ1) is 15.9. The van der Waals surface area contributed by atoms with E-state index >= 15 is 0 Å². The summed E-state index contributed by atoms with van der Waals surface area (Å²) in [5.74, 6) is 0. The van der Waals surface area contributed by atoms with Gasteiger partial charge in [-0.25, -0.2) is 0 Å². The average molecular weight is 228 g/mol. The molecular weight excluding hydrogens is 196 g/mol. The molecule has 0 saturated heterocycles. The number of hydrogen-bond donors (Lipinski definition) is 2. The smallest absolute Gasteiger partial charge is 0.0173 e. The van der Waals surface area contributed by atoms with Crippen molar-refractivity contribution in [3.05, 3.63) is 0 Å². The Hall–Kier alpha value is -0.0800. The molecule has 2 nitrogen and oxygen atoms in total. The minimum absolute atomic E-state index is 0.109. The van der Waals surface area contributed by atoms with Crippen molar-refractivity contribution in [1.82, 2.24) is 5.32 Å². The van der Waals surface area contributed by atoms with Crippen LogP contribution in [-0.2, 0) is 0 Å². The van der Waals surface area contributed by atoms with E-state index in [1.807, 2.05) is 0 Å². The van der Waals surface area contributed by atoms with Crippen molar-refractivity contribution < 1.29 is 0 Å². The summed E-state index contributed by atoms with van der Waals surface area (Å²) < 4.78 is 0. The number of hydrogen-bond acceptors (Lipinski definition) is 2. The fraction of sp³-hybridized carbons (Fsp3) is 1.00. The van der Waals surface area contributed by atoms with Crippen LogP contribution in [0.1, 0.15) is 67.7 Å². The van der Waals surface area contributed by atoms with Gasteiger partial charge in [-0.3, -0.25) is 0 Å². The van der Waals surface area contributed by atoms with E-state index in [-0.39, 0.29) is 11.0 Å². The third-order valence-corrected chi connectivity index (χ3v) is 4.68. The van der Waals surface area contributed by atoms with E-state index in [9.17, 15) is 0 Å². The Labute approximate surface area is 102 Å². The van der Waals surface area contributed by atoms with Gasteiger partial charge in [0.05, 0.1) is 0 Å². The standard InChI is InChI=1S/C14H32N2/c1-8-14(9-2,10-3)16-11-12(4,5)13(6,7)15/h16H,8-11,15H2,1-7H3. The van der Waals surface area contributed by atoms with Crippen molar-refractivity contribution in [3.8, 4) is 0 Å². The van der Waals surface area contributed by atoms with E-state index in [2.05, 4.69) is 53.8 Å². The van der Waals surface area contributed by atoms with Crippen molar-refractivity contribution in [2.75, 3.05) is 6.54 Å². The zero-order valence-corrected chi connectivity index (χ0v) is 12.4. The highest BCUT2D eigenvalue weighted by atomic mass is 15.0. The van der Waals surface area contributed by atoms with E-state index < -0.39 is 0 Å². The Morgan fingerprint density at radius 2 is 1.25 bits per heavy atom. The summed E-state index contributed by atoms with van der Waals surface area (Å²) in [7, 11) is 0. The summed E-state index contributed by atoms with van der Waals surface area (Å²) in [4.78, 5) is 0. The lowest BCUT2D eigenvalue weighted by molar-refractivity contribution is 0.160. The quantitative estimate of drug-likeness (QED) is 0.701. The highest BCUT2D eigenvalue weighted by Gasteiger charge is 2.35. The maximum Gasteiger partial charge on any atom is 0.0173 e. The van der Waals surface area contributed by atoms with Crippen LogP contribution in [0.5, 0.6) is 0 Å². The Kier molecular flexibility index (Phi) is 5.48. The van der Waals surface area contributed by atoms with Gasteiger partial charge in [-0.2, -0.15) is 0 Å². The molecule has 3 N–H and O–H groups in total. The van der Waals surface area contributed by atoms with Crippen LogP contribution in [0.2, 0.25) is 0 Å². The van der Waals surface area contributed by atoms with Crippen molar-refractivity contribution in [3.63, 3.8) is 0 Å². The Morgan fingerprint density at radius 3 is 1.50 bits per heavy atom. The van der Waals surface area contributed by atoms with Crippen molar-refractivity contribution in [2.24, 2.45) is 11.1 Å². The molecule has 16 heavy (non-hydrogen) atoms. The molecule has 0 aliphatic heterocycles. The summed E-state index contributed by atoms with van der Waals surface area (Å²) in [6.07, 6.45) is 3.54. The highest BCUT2D eigenvalue weighted by Crippen LogP contribution is 2.29. The first-order valence-corrected chi connectivity index (χ1v) is 6.68. The van der Waals surface area contributed by atoms with E-state index in [1.165, 1.54) is 19.3 Å². The van der Waals surface area contributed by atoms with Crippen LogP contribution in [-0.4, -0.2) is 17.6 Å². The van der Waals surface area contributed by atoms with Gasteiger partial charge in [-0.1, -0.05) is 34.6 Å². The second-order valence-corrected chi connectivity index (χ2v) is 6.30. The molecular formula is C14H32N2. The molecule has 0 radical (unpaired) electrons. The SMILES string of the molecule is CCC(CC)(CC)NCC(C)(C)C(C)(C)N. The summed E-state index contributed by atoms with van der Waals surface area (Å²) in [5.41, 5.74) is 6.48. The Morgan fingerprint density at radius 1 is 0.875 bits per heavy atom. The fourth-order valence-corrected chi connectivity index (χ4v) is 1.76. The molecule has 0 rings (SSSR count). The predicted molar refractivity (Wildman–Crippen MR) is 73.7 cm³/mol. The first-order chi connectivity index (χ1) is 7.14. The number of nitrogens with two attached hydrogens (primary N) is 1. The molecule has 0 atom stereocenters. The van der Waals surface area contributed by atoms with Crippen molar-refractivity contribution >= 4 is 0 Å². The lowest BCUT2D eigenvalue weighted by Crippen LogP contribution is -2.56. The lowest BCUT2D eigenvalue weighted by Gasteiger charge is -2.42. The maximum absolute atomic E-state index is 6.23. The van der Waals surface area contributed by atoms with E-state index in [1.54, 1.807) is 0 Å². The van der Waals surface area contributed by atoms with Gasteiger partial charge in [0.2, 0.25) is 0 Å². The molecule has 0 aliphatic carbocycles. The van der Waals surface area contributed by atoms with Gasteiger partial charge in [0.15, 0.2) is 0 Å². The van der Waals surface area contributed by atoms with Gasteiger partial charge in [-0.05, 0) is 38.5 Å². The maximum atomic E-state index is 6.23. The molecule has 0 aromatic carbocycles. The number of nitrogens with one attached hydrogen (secondary N) is 1.